The summed E-state index contributed by atoms with van der Waals surface area (Å²) in [6.45, 7) is 25.5. The van der Waals surface area contributed by atoms with E-state index in [9.17, 15) is 56.2 Å². The normalized spacial score (nSPS) is 21.0. The molecule has 5 aliphatic rings. The van der Waals surface area contributed by atoms with Crippen molar-refractivity contribution in [2.75, 3.05) is 168 Å². The van der Waals surface area contributed by atoms with Gasteiger partial charge < -0.3 is 37.2 Å². The van der Waals surface area contributed by atoms with Gasteiger partial charge in [-0.25, -0.2) is 16.8 Å². The number of rotatable bonds is 18. The Kier molecular flexibility index (Phi) is 32.8. The molecule has 8 atom stereocenters. The minimum atomic E-state index is -3.33. The van der Waals surface area contributed by atoms with Gasteiger partial charge in [-0.1, -0.05) is 52.4 Å². The summed E-state index contributed by atoms with van der Waals surface area (Å²) >= 11 is 0. The molecule has 94 heavy (non-hydrogen) atoms. The smallest absolute Gasteiger partial charge is 0.271 e. The fraction of sp³-hybridized carbons (Fsp3) is 0.525. The van der Waals surface area contributed by atoms with Crippen molar-refractivity contribution in [3.05, 3.63) is 117 Å². The van der Waals surface area contributed by atoms with Crippen LogP contribution in [-0.4, -0.2) is 251 Å². The van der Waals surface area contributed by atoms with E-state index in [1.54, 1.807) is 72.8 Å². The minimum Gasteiger partial charge on any atom is -0.325 e. The molecule has 0 spiro atoms. The van der Waals surface area contributed by atoms with Crippen LogP contribution in [0, 0.1) is 20.2 Å². The van der Waals surface area contributed by atoms with Gasteiger partial charge in [0.25, 0.3) is 11.4 Å². The molecule has 9 rings (SSSR count). The highest BCUT2D eigenvalue weighted by molar-refractivity contribution is 7.92. The molecular formula is C59H95N18O12P3S2. The maximum Gasteiger partial charge on any atom is 0.271 e. The van der Waals surface area contributed by atoms with E-state index in [0.717, 1.165) is 111 Å². The van der Waals surface area contributed by atoms with Crippen LogP contribution in [0.2, 0.25) is 0 Å². The van der Waals surface area contributed by atoms with Crippen molar-refractivity contribution >= 4 is 117 Å². The number of nitrogens with zero attached hydrogens (tertiary/aromatic N) is 9. The maximum absolute atomic E-state index is 12.2. The predicted molar refractivity (Wildman–Crippen MR) is 382 cm³/mol. The largest absolute Gasteiger partial charge is 0.325 e. The Labute approximate surface area is 559 Å². The van der Waals surface area contributed by atoms with Crippen LogP contribution >= 0.6 is 28.2 Å². The highest BCUT2D eigenvalue weighted by atomic mass is 32.2. The molecule has 35 heteroatoms. The van der Waals surface area contributed by atoms with Crippen molar-refractivity contribution < 1.29 is 45.9 Å². The summed E-state index contributed by atoms with van der Waals surface area (Å²) in [5.41, 5.74) is 2.84. The molecule has 30 nitrogen and oxygen atoms in total. The quantitative estimate of drug-likeness (QED) is 0.0392. The fourth-order valence-corrected chi connectivity index (χ4v) is 12.1. The lowest BCUT2D eigenvalue weighted by atomic mass is 10.2. The number of hydrogen-bond donors (Lipinski definition) is 9. The van der Waals surface area contributed by atoms with Gasteiger partial charge in [-0.3, -0.25) is 82.5 Å². The van der Waals surface area contributed by atoms with Crippen molar-refractivity contribution in [2.45, 2.75) is 64.8 Å². The standard InChI is InChI=1S/C14H23N4O3PS.C14H22N4O3S.C13H19N4O3P.C13H18N4O3.C5H13N2P/c1-11-9-17(6-7-18(11)22)10-14(19)15-12-4-3-5-13(8-12)16-23(2,20)21;1-11-9-18(7-6-15-11)10-14(19)16-12-4-3-5-13(8-12)17-22(2,20)21;1-10-8-15(5-6-16(10)21)9-13(18)14-11-3-2-4-12(7-11)17(19)20;1-10-8-16(6-5-14-10)9-13(18)15-11-3-2-4-12(7-11)17(19)20;1-5-4-6-2-3-7(5)8/h3-5,8,11,16H,6-7,9-10,22H2,1-2H3,(H,15,19);3-5,8,11,15,17H,6-7,9-10H2,1-2H3,(H,16,19);2-4,7,10H,5-6,8-9,21H2,1H3,(H,14,18);2-4,7,10,14H,5-6,8-9H2,1H3,(H,15,18);5-6H,2-4,8H2,1H3. The van der Waals surface area contributed by atoms with Crippen LogP contribution in [0.15, 0.2) is 97.1 Å². The van der Waals surface area contributed by atoms with Gasteiger partial charge in [0.1, 0.15) is 0 Å². The Bertz CT molecular complexity index is 3360. The molecule has 5 saturated heterocycles. The van der Waals surface area contributed by atoms with Crippen LogP contribution < -0.4 is 46.7 Å². The number of piperazine rings is 5. The summed E-state index contributed by atoms with van der Waals surface area (Å²) in [5, 5.41) is 42.3. The van der Waals surface area contributed by atoms with Crippen molar-refractivity contribution in [1.82, 2.24) is 49.6 Å². The van der Waals surface area contributed by atoms with E-state index in [0.29, 0.717) is 90.5 Å². The highest BCUT2D eigenvalue weighted by Gasteiger charge is 2.25. The van der Waals surface area contributed by atoms with E-state index in [2.05, 4.69) is 143 Å². The molecule has 9 N–H and O–H groups in total. The zero-order chi connectivity index (χ0) is 69.1. The number of anilines is 6. The first kappa shape index (κ1) is 78.6. The number of nitrogens with one attached hydrogen (secondary N) is 9. The molecule has 0 bridgehead atoms. The average molecular weight is 1410 g/mol. The van der Waals surface area contributed by atoms with Gasteiger partial charge in [0.15, 0.2) is 0 Å². The molecule has 520 valence electrons. The summed E-state index contributed by atoms with van der Waals surface area (Å²) in [6.07, 6.45) is 2.18. The number of non-ortho nitro benzene ring substituents is 2. The first-order valence-corrected chi connectivity index (χ1v) is 36.1. The van der Waals surface area contributed by atoms with Crippen LogP contribution in [0.5, 0.6) is 0 Å². The topological polar surface area (TPSA) is 354 Å². The van der Waals surface area contributed by atoms with E-state index in [1.165, 1.54) is 24.3 Å². The molecule has 0 radical (unpaired) electrons. The van der Waals surface area contributed by atoms with Gasteiger partial charge >= 0.3 is 0 Å². The van der Waals surface area contributed by atoms with E-state index in [-0.39, 0.29) is 35.0 Å². The number of nitro benzene ring substituents is 2. The lowest BCUT2D eigenvalue weighted by Gasteiger charge is -2.36. The maximum atomic E-state index is 12.2. The molecule has 4 amide bonds. The monoisotopic (exact) mass is 1400 g/mol. The first-order valence-electron chi connectivity index (χ1n) is 30.8. The molecule has 0 aliphatic carbocycles. The Morgan fingerprint density at radius 2 is 0.777 bits per heavy atom. The van der Waals surface area contributed by atoms with E-state index < -0.39 is 29.9 Å². The molecule has 4 aromatic rings. The third-order valence-corrected chi connectivity index (χ3v) is 18.5. The molecule has 5 fully saturated rings. The lowest BCUT2D eigenvalue weighted by molar-refractivity contribution is -0.385. The van der Waals surface area contributed by atoms with Gasteiger partial charge in [-0.2, -0.15) is 0 Å². The molecular weight excluding hydrogens is 1310 g/mol. The molecule has 0 saturated carbocycles. The molecule has 0 aromatic heterocycles. The summed E-state index contributed by atoms with van der Waals surface area (Å²) in [6, 6.07) is 27.4. The average Bonchev–Trinajstić information content (AvgIpc) is 1.14. The molecule has 8 unspecified atom stereocenters. The fourth-order valence-electron chi connectivity index (χ4n) is 10.3. The predicted octanol–water partition coefficient (Wildman–Crippen LogP) is 3.31. The zero-order valence-corrected chi connectivity index (χ0v) is 59.6. The number of carbonyl (C=O) groups excluding carboxylic acids is 4. The number of amides is 4. The second-order valence-corrected chi connectivity index (χ2v) is 29.3. The second-order valence-electron chi connectivity index (χ2n) is 23.8. The third kappa shape index (κ3) is 31.2. The van der Waals surface area contributed by atoms with Gasteiger partial charge in [-0.15, -0.1) is 0 Å². The molecule has 5 heterocycles. The second kappa shape index (κ2) is 39.2. The van der Waals surface area contributed by atoms with Gasteiger partial charge in [0.2, 0.25) is 43.7 Å². The van der Waals surface area contributed by atoms with Gasteiger partial charge in [-0.05, 0) is 83.1 Å². The van der Waals surface area contributed by atoms with Gasteiger partial charge in [0.05, 0.1) is 59.9 Å². The number of benzene rings is 4. The molecule has 4 aromatic carbocycles. The van der Waals surface area contributed by atoms with Crippen molar-refractivity contribution in [2.24, 2.45) is 0 Å². The Morgan fingerprint density at radius 1 is 0.457 bits per heavy atom. The van der Waals surface area contributed by atoms with Crippen LogP contribution in [-0.2, 0) is 39.2 Å². The van der Waals surface area contributed by atoms with Crippen LogP contribution in [0.25, 0.3) is 0 Å². The summed E-state index contributed by atoms with van der Waals surface area (Å²) < 4.78 is 56.3. The lowest BCUT2D eigenvalue weighted by Crippen LogP contribution is -2.51. The minimum absolute atomic E-state index is 0.0291. The Morgan fingerprint density at radius 3 is 1.07 bits per heavy atom. The Balaban J connectivity index is 0.000000218. The number of nitro groups is 2. The van der Waals surface area contributed by atoms with Crippen LogP contribution in [0.3, 0.4) is 0 Å². The number of carbonyl (C=O) groups is 4. The van der Waals surface area contributed by atoms with E-state index in [4.69, 9.17) is 0 Å². The van der Waals surface area contributed by atoms with Crippen molar-refractivity contribution in [1.29, 1.82) is 0 Å². The number of sulfonamides is 2. The van der Waals surface area contributed by atoms with Crippen molar-refractivity contribution in [3.63, 3.8) is 0 Å². The zero-order valence-electron chi connectivity index (χ0n) is 54.5. The Hall–Kier alpha value is -6.05. The van der Waals surface area contributed by atoms with Crippen LogP contribution in [0.4, 0.5) is 45.5 Å². The van der Waals surface area contributed by atoms with Crippen molar-refractivity contribution in [3.8, 4) is 0 Å². The summed E-state index contributed by atoms with van der Waals surface area (Å²) in [7, 11) is 1.47. The van der Waals surface area contributed by atoms with E-state index in [1.807, 2.05) is 0 Å². The summed E-state index contributed by atoms with van der Waals surface area (Å²) in [4.78, 5) is 76.9. The van der Waals surface area contributed by atoms with E-state index >= 15 is 0 Å². The first-order chi connectivity index (χ1) is 44.3. The van der Waals surface area contributed by atoms with Gasteiger partial charge in [0, 0.05) is 175 Å². The van der Waals surface area contributed by atoms with Crippen LogP contribution in [0.1, 0.15) is 34.6 Å². The molecule has 5 aliphatic heterocycles. The highest BCUT2D eigenvalue weighted by Crippen LogP contribution is 2.22. The SMILES string of the molecule is CC1CN(CC(=O)Nc2cccc(NS(C)(=O)=O)c2)CCN1.CC1CN(CC(=O)Nc2cccc(NS(C)(=O)=O)c2)CCN1P.CC1CN(CC(=O)Nc2cccc([N+](=O)[O-])c2)CCN1.CC1CN(CC(=O)Nc2cccc([N+](=O)[O-])c2)CCN1P.CC1CNCCN1P. The third-order valence-electron chi connectivity index (χ3n) is 15.0. The summed E-state index contributed by atoms with van der Waals surface area (Å²) in [5.74, 6) is -0.518. The number of hydrogen-bond acceptors (Lipinski definition) is 22.